The third-order valence-corrected chi connectivity index (χ3v) is 6.50. The number of pyridine rings is 1. The van der Waals surface area contributed by atoms with Gasteiger partial charge in [-0.3, -0.25) is 4.79 Å². The van der Waals surface area contributed by atoms with E-state index in [1.54, 1.807) is 17.8 Å². The van der Waals surface area contributed by atoms with Crippen LogP contribution in [-0.2, 0) is 17.6 Å². The lowest BCUT2D eigenvalue weighted by atomic mass is 10.1. The van der Waals surface area contributed by atoms with Gasteiger partial charge < -0.3 is 25.2 Å². The predicted octanol–water partition coefficient (Wildman–Crippen LogP) is 2.93. The number of hydrogen-bond acceptors (Lipinski definition) is 9. The molecule has 1 aliphatic rings. The Kier molecular flexibility index (Phi) is 7.45. The number of nitrogens with one attached hydrogen (secondary N) is 2. The zero-order chi connectivity index (χ0) is 26.5. The van der Waals surface area contributed by atoms with E-state index in [9.17, 15) is 4.79 Å². The van der Waals surface area contributed by atoms with Crippen molar-refractivity contribution in [2.75, 3.05) is 55.9 Å². The van der Waals surface area contributed by atoms with Gasteiger partial charge >= 0.3 is 0 Å². The number of benzene rings is 1. The molecule has 196 valence electrons. The van der Waals surface area contributed by atoms with E-state index < -0.39 is 0 Å². The van der Waals surface area contributed by atoms with Gasteiger partial charge in [0.25, 0.3) is 0 Å². The molecular formula is C27H31N9O2. The Morgan fingerprint density at radius 1 is 1.13 bits per heavy atom. The average Bonchev–Trinajstić information content (AvgIpc) is 3.41. The Morgan fingerprint density at radius 3 is 2.76 bits per heavy atom. The van der Waals surface area contributed by atoms with Gasteiger partial charge in [-0.05, 0) is 37.2 Å². The van der Waals surface area contributed by atoms with Gasteiger partial charge in [-0.25, -0.2) is 9.50 Å². The molecule has 0 aliphatic carbocycles. The van der Waals surface area contributed by atoms with Gasteiger partial charge in [-0.2, -0.15) is 15.1 Å². The number of rotatable bonds is 9. The molecule has 3 aromatic heterocycles. The van der Waals surface area contributed by atoms with Crippen LogP contribution in [0.4, 0.5) is 23.1 Å². The van der Waals surface area contributed by atoms with Gasteiger partial charge in [-0.1, -0.05) is 18.7 Å². The average molecular weight is 514 g/mol. The first kappa shape index (κ1) is 25.2. The van der Waals surface area contributed by atoms with Gasteiger partial charge in [0.15, 0.2) is 17.2 Å². The van der Waals surface area contributed by atoms with E-state index >= 15 is 0 Å². The molecule has 38 heavy (non-hydrogen) atoms. The largest absolute Gasteiger partial charge is 0.493 e. The summed E-state index contributed by atoms with van der Waals surface area (Å²) in [5, 5.41) is 10.4. The lowest BCUT2D eigenvalue weighted by Gasteiger charge is -2.34. The van der Waals surface area contributed by atoms with Crippen molar-refractivity contribution in [1.82, 2.24) is 29.5 Å². The highest BCUT2D eigenvalue weighted by Crippen LogP contribution is 2.29. The van der Waals surface area contributed by atoms with Crippen molar-refractivity contribution in [3.63, 3.8) is 0 Å². The van der Waals surface area contributed by atoms with Crippen LogP contribution in [0.25, 0.3) is 5.65 Å². The summed E-state index contributed by atoms with van der Waals surface area (Å²) in [7, 11) is 3.77. The first-order valence-electron chi connectivity index (χ1n) is 12.5. The second kappa shape index (κ2) is 11.3. The fourth-order valence-electron chi connectivity index (χ4n) is 4.38. The number of ether oxygens (including phenoxy) is 1. The fourth-order valence-corrected chi connectivity index (χ4v) is 4.38. The Labute approximate surface area is 221 Å². The number of likely N-dealkylation sites (N-methyl/N-ethyl adjacent to an activating group) is 1. The highest BCUT2D eigenvalue weighted by atomic mass is 16.5. The summed E-state index contributed by atoms with van der Waals surface area (Å²) in [5.41, 5.74) is 3.49. The van der Waals surface area contributed by atoms with E-state index in [0.717, 1.165) is 48.9 Å². The summed E-state index contributed by atoms with van der Waals surface area (Å²) in [6.07, 6.45) is 6.12. The molecule has 0 spiro atoms. The van der Waals surface area contributed by atoms with Gasteiger partial charge in [0.05, 0.1) is 25.2 Å². The molecule has 1 aromatic carbocycles. The summed E-state index contributed by atoms with van der Waals surface area (Å²) in [6, 6.07) is 11.5. The number of anilines is 4. The van der Waals surface area contributed by atoms with Crippen LogP contribution in [0.3, 0.4) is 0 Å². The second-order valence-corrected chi connectivity index (χ2v) is 9.12. The second-order valence-electron chi connectivity index (χ2n) is 9.12. The predicted molar refractivity (Wildman–Crippen MR) is 147 cm³/mol. The molecule has 1 fully saturated rings. The smallest absolute Gasteiger partial charge is 0.247 e. The number of nitrogens with zero attached hydrogens (tertiary/aromatic N) is 7. The minimum absolute atomic E-state index is 0.243. The fraction of sp³-hybridized carbons (Fsp3) is 0.296. The molecule has 4 aromatic rings. The molecule has 11 heteroatoms. The molecular weight excluding hydrogens is 482 g/mol. The van der Waals surface area contributed by atoms with Gasteiger partial charge in [0.2, 0.25) is 11.9 Å². The summed E-state index contributed by atoms with van der Waals surface area (Å²) >= 11 is 0. The quantitative estimate of drug-likeness (QED) is 0.326. The van der Waals surface area contributed by atoms with Gasteiger partial charge in [0, 0.05) is 50.4 Å². The maximum atomic E-state index is 11.7. The molecule has 0 bridgehead atoms. The minimum Gasteiger partial charge on any atom is -0.493 e. The lowest BCUT2D eigenvalue weighted by Crippen LogP contribution is -2.44. The molecule has 5 rings (SSSR count). The number of piperazine rings is 1. The van der Waals surface area contributed by atoms with E-state index in [1.807, 2.05) is 42.6 Å². The third-order valence-electron chi connectivity index (χ3n) is 6.50. The summed E-state index contributed by atoms with van der Waals surface area (Å²) < 4.78 is 7.39. The Bertz CT molecular complexity index is 1440. The van der Waals surface area contributed by atoms with Crippen molar-refractivity contribution in [2.45, 2.75) is 12.8 Å². The highest BCUT2D eigenvalue weighted by molar-refractivity contribution is 5.98. The highest BCUT2D eigenvalue weighted by Gasteiger charge is 2.18. The van der Waals surface area contributed by atoms with E-state index in [4.69, 9.17) is 9.72 Å². The van der Waals surface area contributed by atoms with Crippen LogP contribution in [0.5, 0.6) is 5.75 Å². The van der Waals surface area contributed by atoms with Gasteiger partial charge in [0.1, 0.15) is 5.82 Å². The number of aromatic nitrogens is 5. The molecule has 11 nitrogen and oxygen atoms in total. The number of carbonyl (C=O) groups is 1. The van der Waals surface area contributed by atoms with Crippen molar-refractivity contribution in [3.8, 4) is 5.75 Å². The summed E-state index contributed by atoms with van der Waals surface area (Å²) in [4.78, 5) is 30.3. The van der Waals surface area contributed by atoms with Crippen molar-refractivity contribution < 1.29 is 9.53 Å². The summed E-state index contributed by atoms with van der Waals surface area (Å²) in [6.45, 7) is 7.42. The Hall–Kier alpha value is -4.51. The normalized spacial score (nSPS) is 13.9. The third kappa shape index (κ3) is 5.73. The van der Waals surface area contributed by atoms with Gasteiger partial charge in [-0.15, -0.1) is 0 Å². The van der Waals surface area contributed by atoms with Crippen LogP contribution in [0.2, 0.25) is 0 Å². The molecule has 1 amide bonds. The molecule has 0 saturated carbocycles. The maximum absolute atomic E-state index is 11.7. The molecule has 4 heterocycles. The number of methoxy groups -OCH3 is 1. The number of amides is 1. The number of aryl methyl sites for hydroxylation is 2. The monoisotopic (exact) mass is 513 g/mol. The maximum Gasteiger partial charge on any atom is 0.247 e. The molecule has 0 atom stereocenters. The molecule has 1 saturated heterocycles. The van der Waals surface area contributed by atoms with Crippen LogP contribution in [-0.4, -0.2) is 75.7 Å². The van der Waals surface area contributed by atoms with E-state index in [-0.39, 0.29) is 5.91 Å². The zero-order valence-electron chi connectivity index (χ0n) is 21.6. The first-order valence-corrected chi connectivity index (χ1v) is 12.5. The van der Waals surface area contributed by atoms with Crippen LogP contribution in [0, 0.1) is 0 Å². The van der Waals surface area contributed by atoms with E-state index in [0.29, 0.717) is 36.0 Å². The van der Waals surface area contributed by atoms with E-state index in [2.05, 4.69) is 49.1 Å². The molecule has 1 aliphatic heterocycles. The van der Waals surface area contributed by atoms with E-state index in [1.165, 1.54) is 6.08 Å². The topological polar surface area (TPSA) is 113 Å². The number of carbonyl (C=O) groups excluding carboxylic acids is 1. The van der Waals surface area contributed by atoms with Crippen molar-refractivity contribution in [2.24, 2.45) is 0 Å². The van der Waals surface area contributed by atoms with Crippen molar-refractivity contribution in [1.29, 1.82) is 0 Å². The SMILES string of the molecule is C=CC(=O)Nc1cccc(CCc2nc(Nc3ncc(N4CCN(C)CC4)cc3OC)nc3ccnn23)c1. The Balaban J connectivity index is 1.34. The standard InChI is InChI=1S/C27H31N9O2/c1-4-25(37)30-20-7-5-6-19(16-20)8-9-23-31-27(32-24-10-11-29-36(23)24)33-26-22(38-3)17-21(18-28-26)35-14-12-34(2)13-15-35/h4-7,10-11,16-18H,1,8-9,12-15H2,2-3H3,(H,30,37)(H,28,32,33). The van der Waals surface area contributed by atoms with Crippen LogP contribution in [0.1, 0.15) is 11.4 Å². The van der Waals surface area contributed by atoms with Crippen LogP contribution < -0.4 is 20.3 Å². The number of fused-ring (bicyclic) bond motifs is 1. The minimum atomic E-state index is -0.243. The van der Waals surface area contributed by atoms with Crippen LogP contribution in [0.15, 0.2) is 61.4 Å². The van der Waals surface area contributed by atoms with Crippen LogP contribution >= 0.6 is 0 Å². The number of hydrogen-bond donors (Lipinski definition) is 2. The molecule has 2 N–H and O–H groups in total. The first-order chi connectivity index (χ1) is 18.5. The van der Waals surface area contributed by atoms with Crippen molar-refractivity contribution in [3.05, 3.63) is 72.8 Å². The molecule has 0 radical (unpaired) electrons. The summed E-state index contributed by atoms with van der Waals surface area (Å²) in [5.74, 6) is 2.09. The lowest BCUT2D eigenvalue weighted by molar-refractivity contribution is -0.111. The van der Waals surface area contributed by atoms with Crippen molar-refractivity contribution >= 4 is 34.7 Å². The Morgan fingerprint density at radius 2 is 1.97 bits per heavy atom. The molecule has 0 unspecified atom stereocenters. The zero-order valence-corrected chi connectivity index (χ0v) is 21.6.